The van der Waals surface area contributed by atoms with Crippen molar-refractivity contribution in [3.8, 4) is 0 Å². The average molecular weight is 310 g/mol. The number of rotatable bonds is 5. The van der Waals surface area contributed by atoms with Crippen molar-refractivity contribution < 1.29 is 19.5 Å². The number of hydrogen-bond acceptors (Lipinski definition) is 4. The van der Waals surface area contributed by atoms with Crippen LogP contribution in [0.3, 0.4) is 0 Å². The lowest BCUT2D eigenvalue weighted by Crippen LogP contribution is -2.39. The van der Waals surface area contributed by atoms with E-state index in [1.54, 1.807) is 0 Å². The molecule has 0 aliphatic carbocycles. The predicted molar refractivity (Wildman–Crippen MR) is 80.1 cm³/mol. The normalized spacial score (nSPS) is 11.6. The molecule has 1 aromatic rings. The van der Waals surface area contributed by atoms with E-state index >= 15 is 0 Å². The third kappa shape index (κ3) is 4.71. The molecule has 0 radical (unpaired) electrons. The zero-order chi connectivity index (χ0) is 16.0. The minimum Gasteiger partial charge on any atom is -0.478 e. The van der Waals surface area contributed by atoms with Crippen molar-refractivity contribution in [2.24, 2.45) is 0 Å². The van der Waals surface area contributed by atoms with Crippen molar-refractivity contribution in [2.45, 2.75) is 33.7 Å². The number of aryl methyl sites for hydroxylation is 1. The summed E-state index contributed by atoms with van der Waals surface area (Å²) in [5.41, 5.74) is 1.07. The molecule has 3 amide bonds. The number of aliphatic carboxylic acids is 1. The summed E-state index contributed by atoms with van der Waals surface area (Å²) >= 11 is 1.54. The fraction of sp³-hybridized carbons (Fsp3) is 0.357. The average Bonchev–Trinajstić information content (AvgIpc) is 2.90. The largest absolute Gasteiger partial charge is 0.478 e. The van der Waals surface area contributed by atoms with Gasteiger partial charge in [0.2, 0.25) is 0 Å². The Balaban J connectivity index is 2.57. The van der Waals surface area contributed by atoms with Crippen LogP contribution in [0.4, 0.5) is 4.79 Å². The van der Waals surface area contributed by atoms with Crippen LogP contribution in [-0.2, 0) is 22.6 Å². The second-order valence-corrected chi connectivity index (χ2v) is 5.42. The minimum absolute atomic E-state index is 0.00280. The second-order valence-electron chi connectivity index (χ2n) is 4.41. The van der Waals surface area contributed by atoms with Gasteiger partial charge in [0.05, 0.1) is 6.54 Å². The van der Waals surface area contributed by atoms with Gasteiger partial charge in [-0.05, 0) is 37.3 Å². The molecule has 0 bridgehead atoms. The highest BCUT2D eigenvalue weighted by atomic mass is 32.1. The monoisotopic (exact) mass is 310 g/mol. The third-order valence-corrected chi connectivity index (χ3v) is 4.04. The maximum Gasteiger partial charge on any atom is 0.331 e. The van der Waals surface area contributed by atoms with Gasteiger partial charge in [-0.2, -0.15) is 0 Å². The van der Waals surface area contributed by atoms with E-state index in [-0.39, 0.29) is 11.1 Å². The maximum absolute atomic E-state index is 11.7. The molecule has 21 heavy (non-hydrogen) atoms. The van der Waals surface area contributed by atoms with E-state index in [0.29, 0.717) is 6.54 Å². The number of amides is 3. The molecule has 0 aliphatic heterocycles. The smallest absolute Gasteiger partial charge is 0.331 e. The Morgan fingerprint density at radius 2 is 1.90 bits per heavy atom. The number of nitrogens with one attached hydrogen (secondary N) is 2. The van der Waals surface area contributed by atoms with Gasteiger partial charge in [0, 0.05) is 16.0 Å². The first-order valence-corrected chi connectivity index (χ1v) is 7.30. The van der Waals surface area contributed by atoms with Gasteiger partial charge in [-0.1, -0.05) is 6.92 Å². The summed E-state index contributed by atoms with van der Waals surface area (Å²) in [5.74, 6) is -1.90. The van der Waals surface area contributed by atoms with Crippen molar-refractivity contribution in [1.29, 1.82) is 0 Å². The Morgan fingerprint density at radius 1 is 1.24 bits per heavy atom. The standard InChI is InChI=1S/C14H18N2O4S/c1-4-10-5-6-21-11(10)7-15-14(20)16-12(17)8(2)9(3)13(18)19/h5-6H,4,7H2,1-3H3,(H,18,19)(H2,15,16,17,20)/b9-8-. The first kappa shape index (κ1) is 16.9. The molecule has 0 fully saturated rings. The van der Waals surface area contributed by atoms with Crippen LogP contribution in [-0.4, -0.2) is 23.0 Å². The summed E-state index contributed by atoms with van der Waals surface area (Å²) in [6, 6.07) is 1.35. The van der Waals surface area contributed by atoms with Gasteiger partial charge in [-0.15, -0.1) is 11.3 Å². The first-order valence-electron chi connectivity index (χ1n) is 6.42. The van der Waals surface area contributed by atoms with E-state index in [9.17, 15) is 14.4 Å². The Bertz CT molecular complexity index is 590. The fourth-order valence-corrected chi connectivity index (χ4v) is 2.49. The quantitative estimate of drug-likeness (QED) is 0.725. The van der Waals surface area contributed by atoms with Crippen molar-refractivity contribution in [1.82, 2.24) is 10.6 Å². The summed E-state index contributed by atoms with van der Waals surface area (Å²) in [6.45, 7) is 5.04. The highest BCUT2D eigenvalue weighted by Gasteiger charge is 2.15. The highest BCUT2D eigenvalue weighted by molar-refractivity contribution is 7.10. The molecule has 3 N–H and O–H groups in total. The van der Waals surface area contributed by atoms with Crippen LogP contribution in [0.2, 0.25) is 0 Å². The van der Waals surface area contributed by atoms with Gasteiger partial charge in [0.15, 0.2) is 0 Å². The van der Waals surface area contributed by atoms with Gasteiger partial charge in [-0.25, -0.2) is 9.59 Å². The van der Waals surface area contributed by atoms with Crippen molar-refractivity contribution in [3.05, 3.63) is 33.0 Å². The summed E-state index contributed by atoms with van der Waals surface area (Å²) < 4.78 is 0. The van der Waals surface area contributed by atoms with Gasteiger partial charge >= 0.3 is 12.0 Å². The molecule has 0 spiro atoms. The number of imide groups is 1. The van der Waals surface area contributed by atoms with Crippen LogP contribution < -0.4 is 10.6 Å². The zero-order valence-electron chi connectivity index (χ0n) is 12.1. The molecule has 0 saturated heterocycles. The summed E-state index contributed by atoms with van der Waals surface area (Å²) in [5, 5.41) is 15.4. The molecule has 1 heterocycles. The maximum atomic E-state index is 11.7. The van der Waals surface area contributed by atoms with Crippen LogP contribution in [0.5, 0.6) is 0 Å². The van der Waals surface area contributed by atoms with Crippen molar-refractivity contribution >= 4 is 29.2 Å². The van der Waals surface area contributed by atoms with Gasteiger partial charge < -0.3 is 10.4 Å². The zero-order valence-corrected chi connectivity index (χ0v) is 13.0. The number of thiophene rings is 1. The molecule has 0 aromatic carbocycles. The molecule has 114 valence electrons. The SMILES string of the molecule is CCc1ccsc1CNC(=O)NC(=O)/C(C)=C(/C)C(=O)O. The van der Waals surface area contributed by atoms with E-state index in [4.69, 9.17) is 5.11 Å². The van der Waals surface area contributed by atoms with Crippen LogP contribution in [0, 0.1) is 0 Å². The molecule has 0 atom stereocenters. The lowest BCUT2D eigenvalue weighted by atomic mass is 10.1. The minimum atomic E-state index is -1.19. The Kier molecular flexibility index (Phi) is 6.10. The molecular weight excluding hydrogens is 292 g/mol. The Hall–Kier alpha value is -2.15. The molecule has 0 saturated carbocycles. The first-order chi connectivity index (χ1) is 9.86. The number of carboxylic acids is 1. The van der Waals surface area contributed by atoms with E-state index in [1.165, 1.54) is 25.2 Å². The van der Waals surface area contributed by atoms with E-state index in [1.807, 2.05) is 18.4 Å². The molecule has 7 heteroatoms. The Labute approximate surface area is 126 Å². The van der Waals surface area contributed by atoms with Crippen LogP contribution in [0.1, 0.15) is 31.2 Å². The third-order valence-electron chi connectivity index (χ3n) is 3.08. The Morgan fingerprint density at radius 3 is 2.48 bits per heavy atom. The van der Waals surface area contributed by atoms with Gasteiger partial charge in [-0.3, -0.25) is 10.1 Å². The molecule has 6 nitrogen and oxygen atoms in total. The summed E-state index contributed by atoms with van der Waals surface area (Å²) in [7, 11) is 0. The van der Waals surface area contributed by atoms with Gasteiger partial charge in [0.25, 0.3) is 5.91 Å². The van der Waals surface area contributed by atoms with Crippen LogP contribution in [0.15, 0.2) is 22.6 Å². The summed E-state index contributed by atoms with van der Waals surface area (Å²) in [4.78, 5) is 35.1. The number of carboxylic acid groups (broad SMARTS) is 1. The number of urea groups is 1. The van der Waals surface area contributed by atoms with E-state index in [2.05, 4.69) is 10.6 Å². The number of hydrogen-bond donors (Lipinski definition) is 3. The number of carbonyl (C=O) groups is 3. The molecule has 1 aromatic heterocycles. The van der Waals surface area contributed by atoms with Crippen molar-refractivity contribution in [3.63, 3.8) is 0 Å². The van der Waals surface area contributed by atoms with Gasteiger partial charge in [0.1, 0.15) is 0 Å². The van der Waals surface area contributed by atoms with E-state index in [0.717, 1.165) is 16.9 Å². The summed E-state index contributed by atoms with van der Waals surface area (Å²) in [6.07, 6.45) is 0.876. The molecule has 0 aliphatic rings. The van der Waals surface area contributed by atoms with Crippen LogP contribution in [0.25, 0.3) is 0 Å². The molecule has 1 rings (SSSR count). The lowest BCUT2D eigenvalue weighted by Gasteiger charge is -2.08. The molecular formula is C14H18N2O4S. The van der Waals surface area contributed by atoms with E-state index < -0.39 is 17.9 Å². The van der Waals surface area contributed by atoms with Crippen molar-refractivity contribution in [2.75, 3.05) is 0 Å². The predicted octanol–water partition coefficient (Wildman–Crippen LogP) is 2.06. The second kappa shape index (κ2) is 7.58. The molecule has 0 unspecified atom stereocenters. The topological polar surface area (TPSA) is 95.5 Å². The highest BCUT2D eigenvalue weighted by Crippen LogP contribution is 2.16. The number of carbonyl (C=O) groups excluding carboxylic acids is 2. The van der Waals surface area contributed by atoms with Crippen LogP contribution >= 0.6 is 11.3 Å². The fourth-order valence-electron chi connectivity index (χ4n) is 1.57. The lowest BCUT2D eigenvalue weighted by molar-refractivity contribution is -0.133.